The Morgan fingerprint density at radius 3 is 2.67 bits per heavy atom. The number of nitrogens with zero attached hydrogens (tertiary/aromatic N) is 1. The predicted molar refractivity (Wildman–Crippen MR) is 86.8 cm³/mol. The summed E-state index contributed by atoms with van der Waals surface area (Å²) in [6.07, 6.45) is 2.73. The average molecular weight is 284 g/mol. The molecule has 1 heterocycles. The number of aryl methyl sites for hydroxylation is 2. The van der Waals surface area contributed by atoms with Crippen molar-refractivity contribution in [1.29, 1.82) is 0 Å². The van der Waals surface area contributed by atoms with E-state index in [0.717, 1.165) is 24.4 Å². The van der Waals surface area contributed by atoms with E-state index in [1.54, 1.807) is 7.11 Å². The number of benzene rings is 1. The van der Waals surface area contributed by atoms with Crippen molar-refractivity contribution in [3.63, 3.8) is 0 Å². The summed E-state index contributed by atoms with van der Waals surface area (Å²) in [5.74, 6) is 0.840. The normalized spacial score (nSPS) is 12.2. The minimum atomic E-state index is 0.160. The molecule has 0 bridgehead atoms. The molecule has 0 aliphatic heterocycles. The first kappa shape index (κ1) is 15.5. The lowest BCUT2D eigenvalue weighted by Crippen LogP contribution is -2.24. The van der Waals surface area contributed by atoms with Gasteiger partial charge in [0.15, 0.2) is 0 Å². The average Bonchev–Trinajstić information content (AvgIpc) is 2.50. The molecule has 0 spiro atoms. The van der Waals surface area contributed by atoms with Crippen LogP contribution in [0.1, 0.15) is 35.3 Å². The number of likely N-dealkylation sites (N-methyl/N-ethyl adjacent to an activating group) is 1. The van der Waals surface area contributed by atoms with Gasteiger partial charge in [-0.1, -0.05) is 25.1 Å². The van der Waals surface area contributed by atoms with Crippen LogP contribution < -0.4 is 10.1 Å². The second kappa shape index (κ2) is 7.23. The van der Waals surface area contributed by atoms with Gasteiger partial charge in [0.05, 0.1) is 18.8 Å². The smallest absolute Gasteiger partial charge is 0.141 e. The van der Waals surface area contributed by atoms with Gasteiger partial charge in [-0.15, -0.1) is 0 Å². The first-order chi connectivity index (χ1) is 10.2. The summed E-state index contributed by atoms with van der Waals surface area (Å²) in [6.45, 7) is 7.31. The van der Waals surface area contributed by atoms with Crippen molar-refractivity contribution in [2.24, 2.45) is 0 Å². The monoisotopic (exact) mass is 284 g/mol. The third-order valence-corrected chi connectivity index (χ3v) is 3.81. The van der Waals surface area contributed by atoms with Crippen LogP contribution in [0.5, 0.6) is 5.75 Å². The van der Waals surface area contributed by atoms with Crippen LogP contribution >= 0.6 is 0 Å². The first-order valence-corrected chi connectivity index (χ1v) is 7.44. The topological polar surface area (TPSA) is 34.2 Å². The number of rotatable bonds is 6. The number of methoxy groups -OCH3 is 1. The lowest BCUT2D eigenvalue weighted by molar-refractivity contribution is 0.394. The molecule has 1 aromatic heterocycles. The molecular formula is C18H24N2O. The Kier molecular flexibility index (Phi) is 5.34. The SMILES string of the molecule is CCNC(Cc1ccc(C)c(C)c1)c1ncccc1OC. The highest BCUT2D eigenvalue weighted by atomic mass is 16.5. The maximum Gasteiger partial charge on any atom is 0.141 e. The standard InChI is InChI=1S/C18H24N2O/c1-5-19-16(18-17(21-4)7-6-10-20-18)12-15-9-8-13(2)14(3)11-15/h6-11,16,19H,5,12H2,1-4H3. The molecule has 21 heavy (non-hydrogen) atoms. The molecule has 3 nitrogen and oxygen atoms in total. The molecule has 0 aliphatic carbocycles. The Morgan fingerprint density at radius 1 is 1.19 bits per heavy atom. The van der Waals surface area contributed by atoms with Crippen LogP contribution in [0.25, 0.3) is 0 Å². The predicted octanol–water partition coefficient (Wildman–Crippen LogP) is 3.60. The Labute approximate surface area is 127 Å². The Balaban J connectivity index is 2.28. The maximum atomic E-state index is 5.45. The van der Waals surface area contributed by atoms with E-state index in [0.29, 0.717) is 0 Å². The molecule has 1 atom stereocenters. The minimum Gasteiger partial charge on any atom is -0.495 e. The van der Waals surface area contributed by atoms with Gasteiger partial charge in [-0.05, 0) is 55.6 Å². The number of hydrogen-bond donors (Lipinski definition) is 1. The fourth-order valence-corrected chi connectivity index (χ4v) is 2.52. The second-order valence-electron chi connectivity index (χ2n) is 5.32. The molecule has 1 unspecified atom stereocenters. The van der Waals surface area contributed by atoms with Crippen molar-refractivity contribution in [2.45, 2.75) is 33.2 Å². The first-order valence-electron chi connectivity index (χ1n) is 7.44. The van der Waals surface area contributed by atoms with E-state index in [4.69, 9.17) is 4.74 Å². The summed E-state index contributed by atoms with van der Waals surface area (Å²) in [5, 5.41) is 3.51. The molecule has 3 heteroatoms. The zero-order chi connectivity index (χ0) is 15.2. The molecule has 0 saturated heterocycles. The largest absolute Gasteiger partial charge is 0.495 e. The highest BCUT2D eigenvalue weighted by Gasteiger charge is 2.17. The molecule has 2 rings (SSSR count). The Bertz CT molecular complexity index is 596. The third-order valence-electron chi connectivity index (χ3n) is 3.81. The molecule has 2 aromatic rings. The number of aromatic nitrogens is 1. The van der Waals surface area contributed by atoms with Gasteiger partial charge in [0.1, 0.15) is 5.75 Å². The van der Waals surface area contributed by atoms with Gasteiger partial charge >= 0.3 is 0 Å². The summed E-state index contributed by atoms with van der Waals surface area (Å²) < 4.78 is 5.45. The van der Waals surface area contributed by atoms with Crippen molar-refractivity contribution < 1.29 is 4.74 Å². The van der Waals surface area contributed by atoms with Crippen LogP contribution in [0, 0.1) is 13.8 Å². The van der Waals surface area contributed by atoms with Gasteiger partial charge in [0, 0.05) is 6.20 Å². The van der Waals surface area contributed by atoms with Crippen LogP contribution in [0.4, 0.5) is 0 Å². The molecule has 0 aliphatic rings. The Hall–Kier alpha value is -1.87. The number of ether oxygens (including phenoxy) is 1. The van der Waals surface area contributed by atoms with Crippen LogP contribution in [0.3, 0.4) is 0 Å². The molecule has 1 aromatic carbocycles. The summed E-state index contributed by atoms with van der Waals surface area (Å²) in [4.78, 5) is 4.52. The van der Waals surface area contributed by atoms with E-state index in [2.05, 4.69) is 49.3 Å². The summed E-state index contributed by atoms with van der Waals surface area (Å²) >= 11 is 0. The van der Waals surface area contributed by atoms with Crippen molar-refractivity contribution in [3.05, 3.63) is 58.9 Å². The minimum absolute atomic E-state index is 0.160. The lowest BCUT2D eigenvalue weighted by Gasteiger charge is -2.20. The highest BCUT2D eigenvalue weighted by molar-refractivity contribution is 5.34. The van der Waals surface area contributed by atoms with E-state index in [1.807, 2.05) is 18.3 Å². The van der Waals surface area contributed by atoms with Gasteiger partial charge in [-0.25, -0.2) is 0 Å². The number of nitrogens with one attached hydrogen (secondary N) is 1. The molecule has 0 saturated carbocycles. The number of hydrogen-bond acceptors (Lipinski definition) is 3. The highest BCUT2D eigenvalue weighted by Crippen LogP contribution is 2.25. The molecule has 0 radical (unpaired) electrons. The van der Waals surface area contributed by atoms with E-state index < -0.39 is 0 Å². The fraction of sp³-hybridized carbons (Fsp3) is 0.389. The molecular weight excluding hydrogens is 260 g/mol. The van der Waals surface area contributed by atoms with Crippen LogP contribution in [-0.2, 0) is 6.42 Å². The van der Waals surface area contributed by atoms with Gasteiger partial charge in [0.2, 0.25) is 0 Å². The molecule has 0 amide bonds. The second-order valence-corrected chi connectivity index (χ2v) is 5.32. The number of pyridine rings is 1. The zero-order valence-electron chi connectivity index (χ0n) is 13.3. The maximum absolute atomic E-state index is 5.45. The molecule has 0 fully saturated rings. The van der Waals surface area contributed by atoms with Crippen molar-refractivity contribution in [3.8, 4) is 5.75 Å². The van der Waals surface area contributed by atoms with Crippen molar-refractivity contribution in [2.75, 3.05) is 13.7 Å². The zero-order valence-corrected chi connectivity index (χ0v) is 13.3. The summed E-state index contributed by atoms with van der Waals surface area (Å²) in [7, 11) is 1.69. The summed E-state index contributed by atoms with van der Waals surface area (Å²) in [5.41, 5.74) is 4.95. The van der Waals surface area contributed by atoms with Crippen molar-refractivity contribution >= 4 is 0 Å². The van der Waals surface area contributed by atoms with E-state index in [-0.39, 0.29) is 6.04 Å². The molecule has 1 N–H and O–H groups in total. The lowest BCUT2D eigenvalue weighted by atomic mass is 9.98. The van der Waals surface area contributed by atoms with E-state index >= 15 is 0 Å². The van der Waals surface area contributed by atoms with Crippen LogP contribution in [-0.4, -0.2) is 18.6 Å². The summed E-state index contributed by atoms with van der Waals surface area (Å²) in [6, 6.07) is 10.7. The van der Waals surface area contributed by atoms with Gasteiger partial charge in [-0.2, -0.15) is 0 Å². The third kappa shape index (κ3) is 3.82. The van der Waals surface area contributed by atoms with Gasteiger partial charge in [-0.3, -0.25) is 4.98 Å². The fourth-order valence-electron chi connectivity index (χ4n) is 2.52. The van der Waals surface area contributed by atoms with E-state index in [9.17, 15) is 0 Å². The quantitative estimate of drug-likeness (QED) is 0.880. The molecule has 112 valence electrons. The van der Waals surface area contributed by atoms with Gasteiger partial charge in [0.25, 0.3) is 0 Å². The van der Waals surface area contributed by atoms with Crippen LogP contribution in [0.2, 0.25) is 0 Å². The van der Waals surface area contributed by atoms with Crippen molar-refractivity contribution in [1.82, 2.24) is 10.3 Å². The van der Waals surface area contributed by atoms with Gasteiger partial charge < -0.3 is 10.1 Å². The van der Waals surface area contributed by atoms with E-state index in [1.165, 1.54) is 16.7 Å². The Morgan fingerprint density at radius 2 is 2.00 bits per heavy atom. The van der Waals surface area contributed by atoms with Crippen LogP contribution in [0.15, 0.2) is 36.5 Å².